The summed E-state index contributed by atoms with van der Waals surface area (Å²) >= 11 is 6.10. The van der Waals surface area contributed by atoms with Crippen LogP contribution in [0.1, 0.15) is 45.5 Å². The number of carbonyl (C=O) groups is 2. The normalized spacial score (nSPS) is 13.3. The molecule has 0 spiro atoms. The van der Waals surface area contributed by atoms with Crippen molar-refractivity contribution in [1.29, 1.82) is 0 Å². The SMILES string of the molecule is O=C(O)c1ccc(-c2ccc(CCNC(=O)c3cc(Cl)ccc3OC3CCC3)cc2)cc1. The fourth-order valence-corrected chi connectivity index (χ4v) is 3.71. The third-order valence-corrected chi connectivity index (χ3v) is 5.89. The minimum atomic E-state index is -0.937. The number of hydrogen-bond donors (Lipinski definition) is 2. The van der Waals surface area contributed by atoms with Gasteiger partial charge in [-0.05, 0) is 72.7 Å². The molecule has 1 aliphatic rings. The van der Waals surface area contributed by atoms with Gasteiger partial charge in [-0.15, -0.1) is 0 Å². The van der Waals surface area contributed by atoms with Crippen LogP contribution in [-0.4, -0.2) is 29.6 Å². The van der Waals surface area contributed by atoms with E-state index in [1.165, 1.54) is 0 Å². The summed E-state index contributed by atoms with van der Waals surface area (Å²) in [5, 5.41) is 12.5. The van der Waals surface area contributed by atoms with Crippen LogP contribution in [0.3, 0.4) is 0 Å². The standard InChI is InChI=1S/C26H24ClNO4/c27-21-12-13-24(32-22-2-1-3-22)23(16-21)25(29)28-15-14-17-4-6-18(7-5-17)19-8-10-20(11-9-19)26(30)31/h4-13,16,22H,1-3,14-15H2,(H,28,29)(H,30,31). The molecule has 0 heterocycles. The van der Waals surface area contributed by atoms with Crippen molar-refractivity contribution in [3.8, 4) is 16.9 Å². The summed E-state index contributed by atoms with van der Waals surface area (Å²) in [7, 11) is 0. The van der Waals surface area contributed by atoms with Gasteiger partial charge in [0.25, 0.3) is 5.91 Å². The molecule has 0 radical (unpaired) electrons. The number of carbonyl (C=O) groups excluding carboxylic acids is 1. The van der Waals surface area contributed by atoms with E-state index < -0.39 is 5.97 Å². The first kappa shape index (κ1) is 21.9. The van der Waals surface area contributed by atoms with Gasteiger partial charge in [0, 0.05) is 11.6 Å². The molecule has 1 fully saturated rings. The lowest BCUT2D eigenvalue weighted by Gasteiger charge is -2.27. The first-order valence-electron chi connectivity index (χ1n) is 10.7. The molecule has 1 aliphatic carbocycles. The number of halogens is 1. The number of carboxylic acids is 1. The summed E-state index contributed by atoms with van der Waals surface area (Å²) in [5.41, 5.74) is 3.78. The molecule has 1 saturated carbocycles. The summed E-state index contributed by atoms with van der Waals surface area (Å²) in [6.07, 6.45) is 4.06. The van der Waals surface area contributed by atoms with E-state index in [9.17, 15) is 9.59 Å². The number of hydrogen-bond acceptors (Lipinski definition) is 3. The highest BCUT2D eigenvalue weighted by atomic mass is 35.5. The van der Waals surface area contributed by atoms with E-state index in [0.717, 1.165) is 36.0 Å². The van der Waals surface area contributed by atoms with Crippen molar-refractivity contribution in [3.05, 3.63) is 88.4 Å². The third kappa shape index (κ3) is 5.29. The molecule has 0 unspecified atom stereocenters. The monoisotopic (exact) mass is 449 g/mol. The molecule has 5 nitrogen and oxygen atoms in total. The molecule has 3 aromatic rings. The van der Waals surface area contributed by atoms with Crippen LogP contribution >= 0.6 is 11.6 Å². The molecule has 32 heavy (non-hydrogen) atoms. The highest BCUT2D eigenvalue weighted by molar-refractivity contribution is 6.31. The number of nitrogens with one attached hydrogen (secondary N) is 1. The second kappa shape index (κ2) is 9.88. The number of rotatable bonds is 8. The molecule has 0 aromatic heterocycles. The van der Waals surface area contributed by atoms with Crippen molar-refractivity contribution in [2.75, 3.05) is 6.54 Å². The molecule has 0 bridgehead atoms. The second-order valence-electron chi connectivity index (χ2n) is 7.90. The van der Waals surface area contributed by atoms with Crippen LogP contribution in [0.2, 0.25) is 5.02 Å². The lowest BCUT2D eigenvalue weighted by atomic mass is 9.96. The third-order valence-electron chi connectivity index (χ3n) is 5.65. The van der Waals surface area contributed by atoms with Gasteiger partial charge in [-0.25, -0.2) is 4.79 Å². The highest BCUT2D eigenvalue weighted by Gasteiger charge is 2.22. The fourth-order valence-electron chi connectivity index (χ4n) is 3.54. The van der Waals surface area contributed by atoms with Crippen LogP contribution in [0.5, 0.6) is 5.75 Å². The summed E-state index contributed by atoms with van der Waals surface area (Å²) < 4.78 is 5.95. The summed E-state index contributed by atoms with van der Waals surface area (Å²) in [5.74, 6) is -0.555. The Labute approximate surface area is 192 Å². The average molecular weight is 450 g/mol. The molecule has 1 amide bonds. The van der Waals surface area contributed by atoms with E-state index in [1.807, 2.05) is 24.3 Å². The van der Waals surface area contributed by atoms with Gasteiger partial charge < -0.3 is 15.2 Å². The van der Waals surface area contributed by atoms with Crippen molar-refractivity contribution < 1.29 is 19.4 Å². The predicted molar refractivity (Wildman–Crippen MR) is 125 cm³/mol. The smallest absolute Gasteiger partial charge is 0.335 e. The van der Waals surface area contributed by atoms with Gasteiger partial charge in [-0.3, -0.25) is 4.79 Å². The molecule has 0 atom stereocenters. The Balaban J connectivity index is 1.34. The zero-order valence-corrected chi connectivity index (χ0v) is 18.3. The quantitative estimate of drug-likeness (QED) is 0.468. The zero-order valence-electron chi connectivity index (χ0n) is 17.5. The Hall–Kier alpha value is -3.31. The maximum absolute atomic E-state index is 12.7. The molecule has 0 saturated heterocycles. The lowest BCUT2D eigenvalue weighted by Crippen LogP contribution is -2.29. The van der Waals surface area contributed by atoms with Crippen molar-refractivity contribution in [2.45, 2.75) is 31.8 Å². The predicted octanol–water partition coefficient (Wildman–Crippen LogP) is 5.61. The number of carboxylic acid groups (broad SMARTS) is 1. The van der Waals surface area contributed by atoms with Gasteiger partial charge in [0.2, 0.25) is 0 Å². The lowest BCUT2D eigenvalue weighted by molar-refractivity contribution is 0.0696. The summed E-state index contributed by atoms with van der Waals surface area (Å²) in [6, 6.07) is 20.0. The first-order valence-corrected chi connectivity index (χ1v) is 11.0. The summed E-state index contributed by atoms with van der Waals surface area (Å²) in [6.45, 7) is 0.487. The van der Waals surface area contributed by atoms with Crippen molar-refractivity contribution in [2.24, 2.45) is 0 Å². The molecule has 0 aliphatic heterocycles. The van der Waals surface area contributed by atoms with Gasteiger partial charge in [0.1, 0.15) is 5.75 Å². The Morgan fingerprint density at radius 2 is 1.62 bits per heavy atom. The second-order valence-corrected chi connectivity index (χ2v) is 8.33. The number of amides is 1. The van der Waals surface area contributed by atoms with E-state index in [0.29, 0.717) is 29.3 Å². The number of ether oxygens (including phenoxy) is 1. The van der Waals surface area contributed by atoms with Crippen LogP contribution in [0.25, 0.3) is 11.1 Å². The van der Waals surface area contributed by atoms with E-state index in [2.05, 4.69) is 5.32 Å². The molecule has 4 rings (SSSR count). The fraction of sp³-hybridized carbons (Fsp3) is 0.231. The average Bonchev–Trinajstić information content (AvgIpc) is 2.77. The van der Waals surface area contributed by atoms with Gasteiger partial charge in [-0.1, -0.05) is 48.0 Å². The zero-order chi connectivity index (χ0) is 22.5. The first-order chi connectivity index (χ1) is 15.5. The Morgan fingerprint density at radius 1 is 0.969 bits per heavy atom. The molecule has 2 N–H and O–H groups in total. The van der Waals surface area contributed by atoms with Crippen LogP contribution in [0.15, 0.2) is 66.7 Å². The van der Waals surface area contributed by atoms with E-state index in [4.69, 9.17) is 21.4 Å². The summed E-state index contributed by atoms with van der Waals surface area (Å²) in [4.78, 5) is 23.7. The van der Waals surface area contributed by atoms with Gasteiger partial charge >= 0.3 is 5.97 Å². The Kier molecular flexibility index (Phi) is 6.76. The molecule has 164 valence electrons. The topological polar surface area (TPSA) is 75.6 Å². The largest absolute Gasteiger partial charge is 0.490 e. The van der Waals surface area contributed by atoms with E-state index >= 15 is 0 Å². The van der Waals surface area contributed by atoms with E-state index in [1.54, 1.807) is 42.5 Å². The van der Waals surface area contributed by atoms with Crippen molar-refractivity contribution in [3.63, 3.8) is 0 Å². The maximum atomic E-state index is 12.7. The molecular formula is C26H24ClNO4. The molecule has 6 heteroatoms. The number of benzene rings is 3. The van der Waals surface area contributed by atoms with Gasteiger partial charge in [0.05, 0.1) is 17.2 Å². The van der Waals surface area contributed by atoms with Crippen LogP contribution < -0.4 is 10.1 Å². The number of aromatic carboxylic acids is 1. The maximum Gasteiger partial charge on any atom is 0.335 e. The van der Waals surface area contributed by atoms with Crippen LogP contribution in [-0.2, 0) is 6.42 Å². The van der Waals surface area contributed by atoms with Gasteiger partial charge in [0.15, 0.2) is 0 Å². The van der Waals surface area contributed by atoms with E-state index in [-0.39, 0.29) is 17.6 Å². The van der Waals surface area contributed by atoms with Gasteiger partial charge in [-0.2, -0.15) is 0 Å². The minimum absolute atomic E-state index is 0.182. The Bertz CT molecular complexity index is 1110. The molecular weight excluding hydrogens is 426 g/mol. The van der Waals surface area contributed by atoms with Crippen LogP contribution in [0.4, 0.5) is 0 Å². The highest BCUT2D eigenvalue weighted by Crippen LogP contribution is 2.29. The minimum Gasteiger partial charge on any atom is -0.490 e. The van der Waals surface area contributed by atoms with Crippen LogP contribution in [0, 0.1) is 0 Å². The van der Waals surface area contributed by atoms with Crippen molar-refractivity contribution in [1.82, 2.24) is 5.32 Å². The molecule has 3 aromatic carbocycles. The van der Waals surface area contributed by atoms with Crippen molar-refractivity contribution >= 4 is 23.5 Å². The Morgan fingerprint density at radius 3 is 2.22 bits per heavy atom.